The highest BCUT2D eigenvalue weighted by molar-refractivity contribution is 5.98. The van der Waals surface area contributed by atoms with Crippen molar-refractivity contribution in [3.63, 3.8) is 0 Å². The van der Waals surface area contributed by atoms with Crippen LogP contribution in [0.3, 0.4) is 0 Å². The zero-order valence-electron chi connectivity index (χ0n) is 13.7. The normalized spacial score (nSPS) is 11.0. The van der Waals surface area contributed by atoms with E-state index in [1.54, 1.807) is 24.7 Å². The number of benzene rings is 1. The molecule has 0 bridgehead atoms. The fourth-order valence-electron chi connectivity index (χ4n) is 2.91. The maximum atomic E-state index is 12.5. The Labute approximate surface area is 138 Å². The molecule has 3 rings (SSSR count). The van der Waals surface area contributed by atoms with Crippen molar-refractivity contribution < 1.29 is 14.6 Å². The second-order valence-corrected chi connectivity index (χ2v) is 5.52. The number of carbonyl (C=O) groups excluding carboxylic acids is 1. The van der Waals surface area contributed by atoms with Gasteiger partial charge < -0.3 is 9.84 Å². The van der Waals surface area contributed by atoms with Crippen LogP contribution < -0.4 is 5.56 Å². The first-order valence-corrected chi connectivity index (χ1v) is 7.63. The van der Waals surface area contributed by atoms with E-state index in [1.165, 1.54) is 4.68 Å². The van der Waals surface area contributed by atoms with Crippen LogP contribution in [0, 0.1) is 6.92 Å². The Kier molecular flexibility index (Phi) is 3.89. The van der Waals surface area contributed by atoms with Gasteiger partial charge in [-0.2, -0.15) is 0 Å². The molecule has 0 saturated carbocycles. The summed E-state index contributed by atoms with van der Waals surface area (Å²) in [6.45, 7) is 3.66. The number of nitrogens with zero attached hydrogens (tertiary/aromatic N) is 2. The fourth-order valence-corrected chi connectivity index (χ4v) is 2.91. The van der Waals surface area contributed by atoms with Crippen molar-refractivity contribution in [2.75, 3.05) is 6.61 Å². The monoisotopic (exact) mass is 326 g/mol. The van der Waals surface area contributed by atoms with E-state index < -0.39 is 11.5 Å². The molecule has 0 aliphatic rings. The molecule has 0 unspecified atom stereocenters. The van der Waals surface area contributed by atoms with E-state index in [2.05, 4.69) is 0 Å². The summed E-state index contributed by atoms with van der Waals surface area (Å²) in [6.07, 6.45) is 1.76. The predicted octanol–water partition coefficient (Wildman–Crippen LogP) is 2.50. The molecule has 124 valence electrons. The summed E-state index contributed by atoms with van der Waals surface area (Å²) in [4.78, 5) is 24.6. The molecule has 1 aromatic carbocycles. The molecule has 6 nitrogen and oxygen atoms in total. The average Bonchev–Trinajstić information content (AvgIpc) is 2.92. The van der Waals surface area contributed by atoms with Crippen molar-refractivity contribution in [3.05, 3.63) is 58.0 Å². The second kappa shape index (κ2) is 5.88. The van der Waals surface area contributed by atoms with Crippen LogP contribution in [0.1, 0.15) is 22.8 Å². The number of fused-ring (bicyclic) bond motifs is 1. The molecule has 0 aliphatic carbocycles. The van der Waals surface area contributed by atoms with Crippen molar-refractivity contribution >= 4 is 11.5 Å². The highest BCUT2D eigenvalue weighted by Crippen LogP contribution is 2.35. The van der Waals surface area contributed by atoms with Gasteiger partial charge in [-0.05, 0) is 25.0 Å². The van der Waals surface area contributed by atoms with Crippen LogP contribution in [0.25, 0.3) is 16.6 Å². The van der Waals surface area contributed by atoms with E-state index in [-0.39, 0.29) is 17.9 Å². The fraction of sp³-hybridized carbons (Fsp3) is 0.222. The van der Waals surface area contributed by atoms with Crippen LogP contribution in [0.4, 0.5) is 0 Å². The maximum absolute atomic E-state index is 12.5. The van der Waals surface area contributed by atoms with Gasteiger partial charge in [0.2, 0.25) is 0 Å². The third-order valence-corrected chi connectivity index (χ3v) is 4.01. The number of hydrogen-bond acceptors (Lipinski definition) is 4. The topological polar surface area (TPSA) is 72.9 Å². The SMILES string of the molecule is CCOC(=O)c1c(O)c2c(-c3ccccc3)c(C)cn2n(C)c1=O. The van der Waals surface area contributed by atoms with Gasteiger partial charge in [0.25, 0.3) is 5.56 Å². The molecule has 3 aromatic rings. The van der Waals surface area contributed by atoms with Crippen molar-refractivity contribution in [2.45, 2.75) is 13.8 Å². The van der Waals surface area contributed by atoms with E-state index in [0.717, 1.165) is 16.7 Å². The summed E-state index contributed by atoms with van der Waals surface area (Å²) in [5, 5.41) is 10.7. The van der Waals surface area contributed by atoms with E-state index in [9.17, 15) is 14.7 Å². The highest BCUT2D eigenvalue weighted by Gasteiger charge is 2.25. The number of aromatic hydroxyl groups is 1. The number of ether oxygens (including phenoxy) is 1. The molecule has 1 N–H and O–H groups in total. The molecule has 0 saturated heterocycles. The maximum Gasteiger partial charge on any atom is 0.347 e. The van der Waals surface area contributed by atoms with Crippen LogP contribution in [0.2, 0.25) is 0 Å². The highest BCUT2D eigenvalue weighted by atomic mass is 16.5. The number of aryl methyl sites for hydroxylation is 2. The lowest BCUT2D eigenvalue weighted by atomic mass is 10.0. The minimum atomic E-state index is -0.823. The summed E-state index contributed by atoms with van der Waals surface area (Å²) in [5.74, 6) is -1.18. The smallest absolute Gasteiger partial charge is 0.347 e. The molecule has 2 aromatic heterocycles. The van der Waals surface area contributed by atoms with Crippen molar-refractivity contribution in [2.24, 2.45) is 7.05 Å². The molecule has 24 heavy (non-hydrogen) atoms. The average molecular weight is 326 g/mol. The second-order valence-electron chi connectivity index (χ2n) is 5.52. The van der Waals surface area contributed by atoms with Crippen molar-refractivity contribution in [3.8, 4) is 16.9 Å². The molecule has 0 amide bonds. The molecule has 0 atom stereocenters. The van der Waals surface area contributed by atoms with E-state index in [0.29, 0.717) is 5.52 Å². The summed E-state index contributed by atoms with van der Waals surface area (Å²) in [6, 6.07) is 9.51. The Bertz CT molecular complexity index is 984. The van der Waals surface area contributed by atoms with Gasteiger partial charge >= 0.3 is 5.97 Å². The van der Waals surface area contributed by atoms with E-state index in [1.807, 2.05) is 37.3 Å². The lowest BCUT2D eigenvalue weighted by molar-refractivity contribution is 0.0520. The summed E-state index contributed by atoms with van der Waals surface area (Å²) < 4.78 is 7.77. The standard InChI is InChI=1S/C18H18N2O4/c1-4-24-18(23)14-16(21)15-13(12-8-6-5-7-9-12)11(2)10-20(15)19(3)17(14)22/h5-10,21H,4H2,1-3H3. The van der Waals surface area contributed by atoms with Crippen LogP contribution in [-0.2, 0) is 11.8 Å². The van der Waals surface area contributed by atoms with Crippen LogP contribution >= 0.6 is 0 Å². The molecule has 0 radical (unpaired) electrons. The third kappa shape index (κ3) is 2.27. The zero-order chi connectivity index (χ0) is 17.4. The molecule has 0 aliphatic heterocycles. The lowest BCUT2D eigenvalue weighted by Crippen LogP contribution is -2.29. The first-order valence-electron chi connectivity index (χ1n) is 7.63. The Morgan fingerprint density at radius 1 is 1.25 bits per heavy atom. The predicted molar refractivity (Wildman–Crippen MR) is 90.4 cm³/mol. The molecule has 0 fully saturated rings. The number of hydrogen-bond donors (Lipinski definition) is 1. The van der Waals surface area contributed by atoms with Gasteiger partial charge in [0.1, 0.15) is 5.52 Å². The number of esters is 1. The van der Waals surface area contributed by atoms with Crippen LogP contribution in [0.5, 0.6) is 5.75 Å². The Hall–Kier alpha value is -3.02. The Morgan fingerprint density at radius 2 is 1.92 bits per heavy atom. The molecule has 0 spiro atoms. The minimum absolute atomic E-state index is 0.123. The third-order valence-electron chi connectivity index (χ3n) is 4.01. The van der Waals surface area contributed by atoms with Gasteiger partial charge in [0, 0.05) is 18.8 Å². The van der Waals surface area contributed by atoms with E-state index in [4.69, 9.17) is 4.74 Å². The van der Waals surface area contributed by atoms with E-state index >= 15 is 0 Å². The minimum Gasteiger partial charge on any atom is -0.505 e. The Balaban J connectivity index is 2.43. The van der Waals surface area contributed by atoms with Crippen LogP contribution in [-0.4, -0.2) is 26.9 Å². The van der Waals surface area contributed by atoms with Crippen molar-refractivity contribution in [1.29, 1.82) is 0 Å². The first-order chi connectivity index (χ1) is 11.5. The van der Waals surface area contributed by atoms with Gasteiger partial charge in [0.15, 0.2) is 11.3 Å². The quantitative estimate of drug-likeness (QED) is 0.751. The lowest BCUT2D eigenvalue weighted by Gasteiger charge is -2.11. The van der Waals surface area contributed by atoms with Gasteiger partial charge in [-0.25, -0.2) is 9.48 Å². The summed E-state index contributed by atoms with van der Waals surface area (Å²) in [5.41, 5.74) is 2.00. The molecule has 2 heterocycles. The molecule has 6 heteroatoms. The van der Waals surface area contributed by atoms with Crippen LogP contribution in [0.15, 0.2) is 41.3 Å². The van der Waals surface area contributed by atoms with Gasteiger partial charge in [0.05, 0.1) is 6.61 Å². The Morgan fingerprint density at radius 3 is 2.54 bits per heavy atom. The number of rotatable bonds is 3. The zero-order valence-corrected chi connectivity index (χ0v) is 13.7. The first kappa shape index (κ1) is 15.9. The van der Waals surface area contributed by atoms with Crippen molar-refractivity contribution in [1.82, 2.24) is 9.20 Å². The summed E-state index contributed by atoms with van der Waals surface area (Å²) >= 11 is 0. The number of carbonyl (C=O) groups is 1. The largest absolute Gasteiger partial charge is 0.505 e. The van der Waals surface area contributed by atoms with Gasteiger partial charge in [-0.15, -0.1) is 0 Å². The van der Waals surface area contributed by atoms with Gasteiger partial charge in [-0.1, -0.05) is 30.3 Å². The molecular formula is C18H18N2O4. The summed E-state index contributed by atoms with van der Waals surface area (Å²) in [7, 11) is 1.55. The van der Waals surface area contributed by atoms with Gasteiger partial charge in [-0.3, -0.25) is 9.31 Å². The molecular weight excluding hydrogens is 308 g/mol. The number of aromatic nitrogens is 2.